The van der Waals surface area contributed by atoms with Crippen molar-refractivity contribution in [2.24, 2.45) is 11.8 Å². The van der Waals surface area contributed by atoms with Gasteiger partial charge in [-0.05, 0) is 63.2 Å². The summed E-state index contributed by atoms with van der Waals surface area (Å²) in [5.41, 5.74) is 0.217. The number of pyridine rings is 1. The SMILES string of the molecule is CC1CCC(NC(=O)c2cc([N+](=O)[O-])c(NC3CC3)nc2N2CCC(C)CC2)CC1. The Morgan fingerprint density at radius 2 is 1.63 bits per heavy atom. The van der Waals surface area contributed by atoms with Gasteiger partial charge in [0.05, 0.1) is 10.5 Å². The van der Waals surface area contributed by atoms with Crippen LogP contribution in [0.4, 0.5) is 17.3 Å². The van der Waals surface area contributed by atoms with Crippen molar-refractivity contribution >= 4 is 23.2 Å². The highest BCUT2D eigenvalue weighted by molar-refractivity contribution is 6.00. The Kier molecular flexibility index (Phi) is 6.11. The molecule has 3 aliphatic rings. The third kappa shape index (κ3) is 4.84. The van der Waals surface area contributed by atoms with Crippen molar-refractivity contribution in [3.63, 3.8) is 0 Å². The molecule has 1 amide bonds. The molecule has 164 valence electrons. The maximum Gasteiger partial charge on any atom is 0.312 e. The Morgan fingerprint density at radius 3 is 2.23 bits per heavy atom. The van der Waals surface area contributed by atoms with Crippen molar-refractivity contribution in [2.45, 2.75) is 77.3 Å². The van der Waals surface area contributed by atoms with Crippen molar-refractivity contribution in [3.05, 3.63) is 21.7 Å². The second-order valence-electron chi connectivity index (χ2n) is 9.50. The van der Waals surface area contributed by atoms with E-state index in [0.717, 1.165) is 64.5 Å². The number of nitro groups is 1. The number of amides is 1. The molecular formula is C22H33N5O3. The van der Waals surface area contributed by atoms with Crippen LogP contribution in [0.5, 0.6) is 0 Å². The number of carbonyl (C=O) groups is 1. The van der Waals surface area contributed by atoms with Gasteiger partial charge in [0, 0.05) is 31.2 Å². The molecule has 0 atom stereocenters. The number of hydrogen-bond donors (Lipinski definition) is 2. The molecule has 2 N–H and O–H groups in total. The van der Waals surface area contributed by atoms with Gasteiger partial charge >= 0.3 is 5.69 Å². The molecule has 1 aliphatic heterocycles. The molecule has 0 radical (unpaired) electrons. The standard InChI is InChI=1S/C22H33N5O3/c1-14-3-5-17(6-4-14)24-22(28)18-13-19(27(29)30)20(23-16-7-8-16)25-21(18)26-11-9-15(2)10-12-26/h13-17H,3-12H2,1-2H3,(H,23,25)(H,24,28). The van der Waals surface area contributed by atoms with Crippen LogP contribution in [0, 0.1) is 22.0 Å². The van der Waals surface area contributed by atoms with E-state index in [9.17, 15) is 14.9 Å². The monoisotopic (exact) mass is 415 g/mol. The van der Waals surface area contributed by atoms with E-state index in [-0.39, 0.29) is 23.7 Å². The van der Waals surface area contributed by atoms with Crippen LogP contribution in [0.2, 0.25) is 0 Å². The lowest BCUT2D eigenvalue weighted by Gasteiger charge is -2.33. The van der Waals surface area contributed by atoms with Gasteiger partial charge < -0.3 is 15.5 Å². The fourth-order valence-corrected chi connectivity index (χ4v) is 4.46. The summed E-state index contributed by atoms with van der Waals surface area (Å²) in [6.07, 6.45) is 8.18. The van der Waals surface area contributed by atoms with Gasteiger partial charge in [0.15, 0.2) is 0 Å². The lowest BCUT2D eigenvalue weighted by molar-refractivity contribution is -0.384. The van der Waals surface area contributed by atoms with Gasteiger partial charge in [0.1, 0.15) is 5.82 Å². The zero-order valence-electron chi connectivity index (χ0n) is 18.0. The van der Waals surface area contributed by atoms with Crippen LogP contribution in [-0.2, 0) is 0 Å². The molecule has 2 saturated carbocycles. The van der Waals surface area contributed by atoms with Crippen LogP contribution < -0.4 is 15.5 Å². The summed E-state index contributed by atoms with van der Waals surface area (Å²) in [5, 5.41) is 18.1. The van der Waals surface area contributed by atoms with Gasteiger partial charge in [-0.2, -0.15) is 0 Å². The highest BCUT2D eigenvalue weighted by Crippen LogP contribution is 2.35. The molecule has 0 bridgehead atoms. The summed E-state index contributed by atoms with van der Waals surface area (Å²) in [6, 6.07) is 1.81. The number of rotatable bonds is 6. The molecule has 3 fully saturated rings. The number of carbonyl (C=O) groups excluding carboxylic acids is 1. The fraction of sp³-hybridized carbons (Fsp3) is 0.727. The van der Waals surface area contributed by atoms with Gasteiger partial charge in [0.2, 0.25) is 5.82 Å². The van der Waals surface area contributed by atoms with Crippen LogP contribution in [0.15, 0.2) is 6.07 Å². The number of hydrogen-bond acceptors (Lipinski definition) is 6. The molecule has 1 saturated heterocycles. The Balaban J connectivity index is 1.64. The van der Waals surface area contributed by atoms with E-state index in [1.165, 1.54) is 6.07 Å². The van der Waals surface area contributed by atoms with E-state index >= 15 is 0 Å². The van der Waals surface area contributed by atoms with Crippen molar-refractivity contribution in [3.8, 4) is 0 Å². The molecule has 0 unspecified atom stereocenters. The van der Waals surface area contributed by atoms with E-state index in [2.05, 4.69) is 34.4 Å². The Labute approximate surface area is 178 Å². The zero-order valence-corrected chi connectivity index (χ0v) is 18.0. The molecular weight excluding hydrogens is 382 g/mol. The predicted octanol–water partition coefficient (Wildman–Crippen LogP) is 4.11. The minimum Gasteiger partial charge on any atom is -0.362 e. The molecule has 2 heterocycles. The number of nitrogens with one attached hydrogen (secondary N) is 2. The van der Waals surface area contributed by atoms with Crippen LogP contribution in [0.25, 0.3) is 0 Å². The topological polar surface area (TPSA) is 100 Å². The van der Waals surface area contributed by atoms with Gasteiger partial charge in [-0.3, -0.25) is 14.9 Å². The second-order valence-corrected chi connectivity index (χ2v) is 9.50. The van der Waals surface area contributed by atoms with Gasteiger partial charge in [-0.1, -0.05) is 13.8 Å². The molecule has 2 aliphatic carbocycles. The van der Waals surface area contributed by atoms with Gasteiger partial charge in [-0.15, -0.1) is 0 Å². The average molecular weight is 416 g/mol. The summed E-state index contributed by atoms with van der Waals surface area (Å²) >= 11 is 0. The first-order valence-corrected chi connectivity index (χ1v) is 11.4. The van der Waals surface area contributed by atoms with E-state index in [1.54, 1.807) is 0 Å². The minimum atomic E-state index is -0.432. The number of piperidine rings is 1. The summed E-state index contributed by atoms with van der Waals surface area (Å²) in [5.74, 6) is 1.97. The fourth-order valence-electron chi connectivity index (χ4n) is 4.46. The van der Waals surface area contributed by atoms with E-state index < -0.39 is 4.92 Å². The van der Waals surface area contributed by atoms with E-state index in [1.807, 2.05) is 0 Å². The lowest BCUT2D eigenvalue weighted by atomic mass is 9.87. The zero-order chi connectivity index (χ0) is 21.3. The van der Waals surface area contributed by atoms with Gasteiger partial charge in [0.25, 0.3) is 5.91 Å². The third-order valence-electron chi connectivity index (χ3n) is 6.78. The third-order valence-corrected chi connectivity index (χ3v) is 6.78. The highest BCUT2D eigenvalue weighted by Gasteiger charge is 2.32. The van der Waals surface area contributed by atoms with Crippen molar-refractivity contribution in [2.75, 3.05) is 23.3 Å². The quantitative estimate of drug-likeness (QED) is 0.536. The molecule has 8 heteroatoms. The normalized spacial score (nSPS) is 25.1. The lowest BCUT2D eigenvalue weighted by Crippen LogP contribution is -2.40. The molecule has 0 aromatic carbocycles. The first-order chi connectivity index (χ1) is 14.4. The predicted molar refractivity (Wildman–Crippen MR) is 117 cm³/mol. The molecule has 1 aromatic rings. The smallest absolute Gasteiger partial charge is 0.312 e. The summed E-state index contributed by atoms with van der Waals surface area (Å²) in [6.45, 7) is 6.11. The van der Waals surface area contributed by atoms with Crippen molar-refractivity contribution < 1.29 is 9.72 Å². The second kappa shape index (κ2) is 8.78. The van der Waals surface area contributed by atoms with E-state index in [0.29, 0.717) is 29.0 Å². The van der Waals surface area contributed by atoms with Gasteiger partial charge in [-0.25, -0.2) is 4.98 Å². The molecule has 30 heavy (non-hydrogen) atoms. The Hall–Kier alpha value is -2.38. The van der Waals surface area contributed by atoms with E-state index in [4.69, 9.17) is 0 Å². The average Bonchev–Trinajstić information content (AvgIpc) is 3.54. The van der Waals surface area contributed by atoms with Crippen LogP contribution in [-0.4, -0.2) is 41.0 Å². The van der Waals surface area contributed by atoms with Crippen molar-refractivity contribution in [1.29, 1.82) is 0 Å². The maximum atomic E-state index is 13.2. The largest absolute Gasteiger partial charge is 0.362 e. The van der Waals surface area contributed by atoms with Crippen LogP contribution in [0.3, 0.4) is 0 Å². The number of aromatic nitrogens is 1. The minimum absolute atomic E-state index is 0.113. The maximum absolute atomic E-state index is 13.2. The summed E-state index contributed by atoms with van der Waals surface area (Å²) in [4.78, 5) is 31.3. The number of nitrogens with zero attached hydrogens (tertiary/aromatic N) is 3. The number of anilines is 2. The van der Waals surface area contributed by atoms with Crippen LogP contribution >= 0.6 is 0 Å². The Bertz CT molecular complexity index is 794. The Morgan fingerprint density at radius 1 is 1.03 bits per heavy atom. The molecule has 4 rings (SSSR count). The first-order valence-electron chi connectivity index (χ1n) is 11.4. The van der Waals surface area contributed by atoms with Crippen molar-refractivity contribution in [1.82, 2.24) is 10.3 Å². The first kappa shape index (κ1) is 20.9. The summed E-state index contributed by atoms with van der Waals surface area (Å²) < 4.78 is 0. The molecule has 0 spiro atoms. The molecule has 8 nitrogen and oxygen atoms in total. The highest BCUT2D eigenvalue weighted by atomic mass is 16.6. The molecule has 1 aromatic heterocycles. The summed E-state index contributed by atoms with van der Waals surface area (Å²) in [7, 11) is 0. The van der Waals surface area contributed by atoms with Crippen LogP contribution in [0.1, 0.15) is 75.6 Å².